The molecule has 1 aromatic carbocycles. The van der Waals surface area contributed by atoms with Crippen LogP contribution in [-0.4, -0.2) is 37.2 Å². The van der Waals surface area contributed by atoms with Gasteiger partial charge >= 0.3 is 0 Å². The molecule has 4 nitrogen and oxygen atoms in total. The molecule has 17 heavy (non-hydrogen) atoms. The summed E-state index contributed by atoms with van der Waals surface area (Å²) in [6.45, 7) is 3.50. The van der Waals surface area contributed by atoms with E-state index in [1.54, 1.807) is 6.07 Å². The van der Waals surface area contributed by atoms with Gasteiger partial charge in [-0.3, -0.25) is 5.32 Å². The van der Waals surface area contributed by atoms with Crippen molar-refractivity contribution in [1.82, 2.24) is 10.2 Å². The van der Waals surface area contributed by atoms with Crippen molar-refractivity contribution >= 4 is 0 Å². The molecule has 0 spiro atoms. The lowest BCUT2D eigenvalue weighted by Gasteiger charge is -2.16. The molecule has 0 radical (unpaired) electrons. The van der Waals surface area contributed by atoms with Gasteiger partial charge in [0.15, 0.2) is 0 Å². The van der Waals surface area contributed by atoms with Crippen molar-refractivity contribution in [3.8, 4) is 11.8 Å². The Balaban J connectivity index is 2.73. The van der Waals surface area contributed by atoms with Crippen LogP contribution in [0.4, 0.5) is 0 Å². The Bertz CT molecular complexity index is 410. The normalized spacial score (nSPS) is 12.4. The Hall–Kier alpha value is -1.57. The van der Waals surface area contributed by atoms with Gasteiger partial charge in [-0.15, -0.1) is 0 Å². The highest BCUT2D eigenvalue weighted by Gasteiger charge is 2.14. The monoisotopic (exact) mass is 233 g/mol. The van der Waals surface area contributed by atoms with Crippen molar-refractivity contribution in [1.29, 1.82) is 5.26 Å². The molecule has 0 bridgehead atoms. The average Bonchev–Trinajstić information content (AvgIpc) is 2.28. The minimum atomic E-state index is -0.463. The number of benzene rings is 1. The molecule has 2 N–H and O–H groups in total. The molecule has 1 unspecified atom stereocenters. The molecular weight excluding hydrogens is 214 g/mol. The van der Waals surface area contributed by atoms with E-state index in [-0.39, 0.29) is 5.75 Å². The molecule has 1 atom stereocenters. The molecule has 0 aliphatic rings. The lowest BCUT2D eigenvalue weighted by molar-refractivity contribution is 0.392. The van der Waals surface area contributed by atoms with Crippen LogP contribution in [0.15, 0.2) is 18.2 Å². The first-order chi connectivity index (χ1) is 8.04. The van der Waals surface area contributed by atoms with Gasteiger partial charge in [0.25, 0.3) is 0 Å². The molecule has 4 heteroatoms. The van der Waals surface area contributed by atoms with Crippen molar-refractivity contribution in [3.63, 3.8) is 0 Å². The van der Waals surface area contributed by atoms with E-state index in [4.69, 9.17) is 5.26 Å². The van der Waals surface area contributed by atoms with Gasteiger partial charge in [-0.2, -0.15) is 5.26 Å². The second-order valence-corrected chi connectivity index (χ2v) is 4.38. The summed E-state index contributed by atoms with van der Waals surface area (Å²) in [5.74, 6) is 0.166. The zero-order chi connectivity index (χ0) is 12.8. The van der Waals surface area contributed by atoms with Crippen molar-refractivity contribution in [2.75, 3.05) is 27.2 Å². The lowest BCUT2D eigenvalue weighted by atomic mass is 10.0. The first-order valence-electron chi connectivity index (χ1n) is 5.62. The molecule has 0 amide bonds. The number of nitriles is 1. The first-order valence-corrected chi connectivity index (χ1v) is 5.62. The zero-order valence-electron chi connectivity index (χ0n) is 10.6. The fraction of sp³-hybridized carbons (Fsp3) is 0.462. The van der Waals surface area contributed by atoms with Crippen LogP contribution in [0.5, 0.6) is 5.75 Å². The molecule has 0 aliphatic carbocycles. The van der Waals surface area contributed by atoms with Gasteiger partial charge in [-0.25, -0.2) is 0 Å². The van der Waals surface area contributed by atoms with E-state index < -0.39 is 6.04 Å². The molecule has 0 saturated heterocycles. The topological polar surface area (TPSA) is 59.3 Å². The van der Waals surface area contributed by atoms with Crippen molar-refractivity contribution < 1.29 is 5.11 Å². The number of likely N-dealkylation sites (N-methyl/N-ethyl adjacent to an activating group) is 1. The summed E-state index contributed by atoms with van der Waals surface area (Å²) in [6, 6.07) is 7.00. The summed E-state index contributed by atoms with van der Waals surface area (Å²) < 4.78 is 0. The lowest BCUT2D eigenvalue weighted by Crippen LogP contribution is -2.29. The maximum absolute atomic E-state index is 9.74. The molecular formula is C13H19N3O. The van der Waals surface area contributed by atoms with Crippen LogP contribution in [0.2, 0.25) is 0 Å². The minimum absolute atomic E-state index is 0.166. The third-order valence-electron chi connectivity index (χ3n) is 2.53. The number of rotatable bonds is 5. The highest BCUT2D eigenvalue weighted by Crippen LogP contribution is 2.24. The Morgan fingerprint density at radius 3 is 2.76 bits per heavy atom. The van der Waals surface area contributed by atoms with Crippen LogP contribution in [-0.2, 0) is 0 Å². The van der Waals surface area contributed by atoms with E-state index in [1.807, 2.05) is 38.1 Å². The molecule has 0 aliphatic heterocycles. The van der Waals surface area contributed by atoms with E-state index in [9.17, 15) is 5.11 Å². The number of aryl methyl sites for hydroxylation is 1. The number of phenolic OH excluding ortho intramolecular Hbond substituents is 1. The van der Waals surface area contributed by atoms with Crippen LogP contribution >= 0.6 is 0 Å². The highest BCUT2D eigenvalue weighted by molar-refractivity contribution is 5.40. The summed E-state index contributed by atoms with van der Waals surface area (Å²) in [6.07, 6.45) is 0. The summed E-state index contributed by atoms with van der Waals surface area (Å²) in [5.41, 5.74) is 1.68. The molecule has 0 saturated carbocycles. The maximum atomic E-state index is 9.74. The molecule has 1 rings (SSSR count). The number of nitrogens with zero attached hydrogens (tertiary/aromatic N) is 2. The predicted octanol–water partition coefficient (Wildman–Crippen LogP) is 1.42. The number of phenols is 1. The van der Waals surface area contributed by atoms with Crippen LogP contribution in [0, 0.1) is 18.3 Å². The second kappa shape index (κ2) is 6.24. The quantitative estimate of drug-likeness (QED) is 0.807. The summed E-state index contributed by atoms with van der Waals surface area (Å²) in [7, 11) is 3.96. The van der Waals surface area contributed by atoms with E-state index >= 15 is 0 Å². The summed E-state index contributed by atoms with van der Waals surface area (Å²) in [5, 5.41) is 22.0. The number of aromatic hydroxyl groups is 1. The largest absolute Gasteiger partial charge is 0.508 e. The van der Waals surface area contributed by atoms with Crippen LogP contribution in [0.1, 0.15) is 17.2 Å². The van der Waals surface area contributed by atoms with Gasteiger partial charge in [0.2, 0.25) is 0 Å². The summed E-state index contributed by atoms with van der Waals surface area (Å²) >= 11 is 0. The minimum Gasteiger partial charge on any atom is -0.508 e. The van der Waals surface area contributed by atoms with E-state index in [0.717, 1.165) is 12.1 Å². The zero-order valence-corrected chi connectivity index (χ0v) is 10.6. The highest BCUT2D eigenvalue weighted by atomic mass is 16.3. The Labute approximate surface area is 102 Å². The van der Waals surface area contributed by atoms with Gasteiger partial charge in [0.05, 0.1) is 6.07 Å². The molecule has 0 heterocycles. The van der Waals surface area contributed by atoms with Crippen molar-refractivity contribution in [2.24, 2.45) is 0 Å². The van der Waals surface area contributed by atoms with Crippen LogP contribution in [0.3, 0.4) is 0 Å². The van der Waals surface area contributed by atoms with Gasteiger partial charge in [-0.1, -0.05) is 11.6 Å². The number of hydrogen-bond acceptors (Lipinski definition) is 4. The molecule has 92 valence electrons. The number of nitrogens with one attached hydrogen (secondary N) is 1. The fourth-order valence-electron chi connectivity index (χ4n) is 1.56. The Morgan fingerprint density at radius 2 is 2.18 bits per heavy atom. The SMILES string of the molecule is Cc1ccc(O)c(C(C#N)NCCN(C)C)c1. The van der Waals surface area contributed by atoms with E-state index in [0.29, 0.717) is 12.1 Å². The van der Waals surface area contributed by atoms with Gasteiger partial charge in [-0.05, 0) is 33.2 Å². The molecule has 0 aromatic heterocycles. The van der Waals surface area contributed by atoms with Crippen LogP contribution in [0.25, 0.3) is 0 Å². The van der Waals surface area contributed by atoms with Crippen LogP contribution < -0.4 is 5.32 Å². The molecule has 1 aromatic rings. The third-order valence-corrected chi connectivity index (χ3v) is 2.53. The molecule has 0 fully saturated rings. The van der Waals surface area contributed by atoms with Gasteiger partial charge in [0.1, 0.15) is 11.8 Å². The fourth-order valence-corrected chi connectivity index (χ4v) is 1.56. The first kappa shape index (κ1) is 13.5. The summed E-state index contributed by atoms with van der Waals surface area (Å²) in [4.78, 5) is 2.04. The third kappa shape index (κ3) is 4.06. The van der Waals surface area contributed by atoms with Gasteiger partial charge < -0.3 is 10.0 Å². The predicted molar refractivity (Wildman–Crippen MR) is 67.8 cm³/mol. The van der Waals surface area contributed by atoms with E-state index in [1.165, 1.54) is 0 Å². The smallest absolute Gasteiger partial charge is 0.124 e. The van der Waals surface area contributed by atoms with E-state index in [2.05, 4.69) is 11.4 Å². The number of hydrogen-bond donors (Lipinski definition) is 2. The second-order valence-electron chi connectivity index (χ2n) is 4.38. The Kier molecular flexibility index (Phi) is 4.95. The Morgan fingerprint density at radius 1 is 1.47 bits per heavy atom. The standard InChI is InChI=1S/C13H19N3O/c1-10-4-5-13(17)11(8-10)12(9-14)15-6-7-16(2)3/h4-5,8,12,15,17H,6-7H2,1-3H3. The average molecular weight is 233 g/mol. The van der Waals surface area contributed by atoms with Crippen molar-refractivity contribution in [3.05, 3.63) is 29.3 Å². The van der Waals surface area contributed by atoms with Crippen molar-refractivity contribution in [2.45, 2.75) is 13.0 Å². The maximum Gasteiger partial charge on any atom is 0.124 e. The van der Waals surface area contributed by atoms with Gasteiger partial charge in [0, 0.05) is 18.7 Å².